The number of nitrogens with zero attached hydrogens (tertiary/aromatic N) is 4. The highest BCUT2D eigenvalue weighted by Gasteiger charge is 2.22. The Balaban J connectivity index is 0.000000268. The molecule has 2 fully saturated rings. The van der Waals surface area contributed by atoms with Crippen LogP contribution in [0.2, 0.25) is 0 Å². The monoisotopic (exact) mass is 1020 g/mol. The minimum Gasteiger partial charge on any atom is -0.399 e. The second kappa shape index (κ2) is 28.5. The molecule has 2 heterocycles. The van der Waals surface area contributed by atoms with Crippen LogP contribution in [0.3, 0.4) is 0 Å². The largest absolute Gasteiger partial charge is 0.399 e. The number of aliphatic hydroxyl groups is 2. The highest BCUT2D eigenvalue weighted by molar-refractivity contribution is 7.92. The van der Waals surface area contributed by atoms with Gasteiger partial charge in [-0.15, -0.1) is 0 Å². The van der Waals surface area contributed by atoms with E-state index in [-0.39, 0.29) is 28.1 Å². The SMILES string of the molecule is C.C.CC(C)N1CCN(c2ccc(/C(=C(/CCCO)c3ccccc3)c3ccc(N)cc3)cc2)CC1.CC(C)N1CCN(c2ccc(/C(=C(/CCCO)c3ccccc3)c3ccc(NS(C)(=O)=O)cc3)cc2)CC1. The Kier molecular flexibility index (Phi) is 22.6. The van der Waals surface area contributed by atoms with Crippen molar-refractivity contribution in [2.24, 2.45) is 0 Å². The van der Waals surface area contributed by atoms with Gasteiger partial charge in [0.25, 0.3) is 0 Å². The zero-order valence-corrected chi connectivity index (χ0v) is 43.9. The van der Waals surface area contributed by atoms with E-state index in [4.69, 9.17) is 5.73 Å². The molecule has 6 aromatic carbocycles. The molecule has 0 radical (unpaired) electrons. The van der Waals surface area contributed by atoms with Gasteiger partial charge in [0.05, 0.1) is 6.26 Å². The number of sulfonamides is 1. The molecule has 0 saturated carbocycles. The quantitative estimate of drug-likeness (QED) is 0.0492. The molecule has 0 aromatic heterocycles. The van der Waals surface area contributed by atoms with Crippen LogP contribution in [-0.2, 0) is 10.0 Å². The van der Waals surface area contributed by atoms with Gasteiger partial charge >= 0.3 is 0 Å². The zero-order valence-electron chi connectivity index (χ0n) is 43.1. The Morgan fingerprint density at radius 2 is 0.811 bits per heavy atom. The summed E-state index contributed by atoms with van der Waals surface area (Å²) in [5, 5.41) is 19.3. The summed E-state index contributed by atoms with van der Waals surface area (Å²) in [5.41, 5.74) is 21.2. The minimum atomic E-state index is -3.36. The molecule has 2 aliphatic rings. The van der Waals surface area contributed by atoms with Crippen LogP contribution in [0.25, 0.3) is 22.3 Å². The minimum absolute atomic E-state index is 0. The number of anilines is 4. The lowest BCUT2D eigenvalue weighted by atomic mass is 9.87. The first-order valence-corrected chi connectivity index (χ1v) is 27.6. The van der Waals surface area contributed by atoms with Crippen molar-refractivity contribution in [3.8, 4) is 0 Å². The number of piperazine rings is 2. The van der Waals surface area contributed by atoms with Crippen molar-refractivity contribution in [1.82, 2.24) is 9.80 Å². The van der Waals surface area contributed by atoms with E-state index < -0.39 is 10.0 Å². The molecule has 8 rings (SSSR count). The van der Waals surface area contributed by atoms with Crippen LogP contribution in [0.15, 0.2) is 158 Å². The van der Waals surface area contributed by atoms with E-state index in [1.54, 1.807) is 12.1 Å². The molecule has 396 valence electrons. The summed E-state index contributed by atoms with van der Waals surface area (Å²) in [6.07, 6.45) is 4.05. The Morgan fingerprint density at radius 1 is 0.486 bits per heavy atom. The third-order valence-electron chi connectivity index (χ3n) is 13.8. The lowest BCUT2D eigenvalue weighted by Gasteiger charge is -2.38. The maximum absolute atomic E-state index is 11.7. The Hall–Kier alpha value is -6.21. The third kappa shape index (κ3) is 16.1. The molecule has 0 unspecified atom stereocenters. The Labute approximate surface area is 444 Å². The lowest BCUT2D eigenvalue weighted by molar-refractivity contribution is 0.209. The van der Waals surface area contributed by atoms with Gasteiger partial charge in [-0.3, -0.25) is 14.5 Å². The summed E-state index contributed by atoms with van der Waals surface area (Å²) >= 11 is 0. The van der Waals surface area contributed by atoms with Gasteiger partial charge in [-0.25, -0.2) is 8.42 Å². The summed E-state index contributed by atoms with van der Waals surface area (Å²) in [6, 6.07) is 55.4. The summed E-state index contributed by atoms with van der Waals surface area (Å²) in [7, 11) is -3.36. The first-order chi connectivity index (χ1) is 34.8. The van der Waals surface area contributed by atoms with E-state index in [1.807, 2.05) is 48.5 Å². The molecule has 11 heteroatoms. The predicted molar refractivity (Wildman–Crippen MR) is 317 cm³/mol. The second-order valence-corrected chi connectivity index (χ2v) is 21.2. The molecular formula is C63H84N6O4S. The summed E-state index contributed by atoms with van der Waals surface area (Å²) < 4.78 is 26.0. The van der Waals surface area contributed by atoms with Crippen LogP contribution < -0.4 is 20.3 Å². The lowest BCUT2D eigenvalue weighted by Crippen LogP contribution is -2.48. The van der Waals surface area contributed by atoms with Gasteiger partial charge in [0, 0.05) is 100 Å². The van der Waals surface area contributed by atoms with Crippen LogP contribution in [0, 0.1) is 0 Å². The maximum atomic E-state index is 11.7. The van der Waals surface area contributed by atoms with Crippen LogP contribution >= 0.6 is 0 Å². The van der Waals surface area contributed by atoms with Crippen molar-refractivity contribution in [2.75, 3.05) is 92.1 Å². The number of nitrogens with one attached hydrogen (secondary N) is 1. The number of nitrogens with two attached hydrogens (primary N) is 1. The van der Waals surface area contributed by atoms with Gasteiger partial charge in [0.1, 0.15) is 0 Å². The van der Waals surface area contributed by atoms with E-state index in [1.165, 1.54) is 33.6 Å². The van der Waals surface area contributed by atoms with Gasteiger partial charge in [-0.2, -0.15) is 0 Å². The molecule has 10 nitrogen and oxygen atoms in total. The second-order valence-electron chi connectivity index (χ2n) is 19.5. The van der Waals surface area contributed by atoms with Crippen molar-refractivity contribution in [2.45, 2.75) is 80.3 Å². The number of hydrogen-bond donors (Lipinski definition) is 4. The molecule has 0 amide bonds. The van der Waals surface area contributed by atoms with Crippen LogP contribution in [0.1, 0.15) is 102 Å². The molecule has 0 spiro atoms. The molecule has 74 heavy (non-hydrogen) atoms. The Morgan fingerprint density at radius 3 is 1.12 bits per heavy atom. The first kappa shape index (κ1) is 58.7. The molecular weight excluding hydrogens is 937 g/mol. The van der Waals surface area contributed by atoms with Gasteiger partial charge in [-0.05, 0) is 158 Å². The fourth-order valence-corrected chi connectivity index (χ4v) is 10.5. The fraction of sp³-hybridized carbons (Fsp3) is 0.365. The smallest absolute Gasteiger partial charge is 0.229 e. The standard InChI is InChI=1S/C31H39N3O3S.C30H37N3O.2CH4/c1-24(2)33-19-21-34(22-20-33)29-17-13-27(14-18-29)31(26-11-15-28(16-12-26)32-38(3,36)37)30(10-7-23-35)25-8-5-4-6-9-25;1-23(2)32-18-20-33(21-19-32)28-16-12-26(13-17-28)30(25-10-14-27(31)15-11-25)29(9-6-22-34)24-7-4-3-5-8-24;;/h4-6,8-9,11-18,24,32,35H,7,10,19-23H2,1-3H3;3-5,7-8,10-17,23,34H,6,9,18-22,31H2,1-2H3;2*1H4/b31-30-;30-29-;;. The van der Waals surface area contributed by atoms with Gasteiger partial charge in [0.2, 0.25) is 10.0 Å². The van der Waals surface area contributed by atoms with E-state index in [0.717, 1.165) is 117 Å². The molecule has 0 bridgehead atoms. The molecule has 5 N–H and O–H groups in total. The van der Waals surface area contributed by atoms with Gasteiger partial charge in [-0.1, -0.05) is 124 Å². The van der Waals surface area contributed by atoms with Crippen LogP contribution in [-0.4, -0.2) is 112 Å². The van der Waals surface area contributed by atoms with E-state index in [2.05, 4.69) is 149 Å². The van der Waals surface area contributed by atoms with Crippen molar-refractivity contribution >= 4 is 55.1 Å². The van der Waals surface area contributed by atoms with Crippen molar-refractivity contribution in [1.29, 1.82) is 0 Å². The third-order valence-corrected chi connectivity index (χ3v) is 14.4. The average Bonchev–Trinajstić information content (AvgIpc) is 3.40. The van der Waals surface area contributed by atoms with Crippen molar-refractivity contribution in [3.63, 3.8) is 0 Å². The number of benzene rings is 6. The number of allylic oxidation sites excluding steroid dienone is 2. The zero-order chi connectivity index (χ0) is 51.0. The molecule has 6 aromatic rings. The molecule has 2 aliphatic heterocycles. The summed E-state index contributed by atoms with van der Waals surface area (Å²) in [6.45, 7) is 17.8. The van der Waals surface area contributed by atoms with Crippen molar-refractivity contribution < 1.29 is 18.6 Å². The van der Waals surface area contributed by atoms with E-state index in [9.17, 15) is 18.6 Å². The van der Waals surface area contributed by atoms with E-state index >= 15 is 0 Å². The summed E-state index contributed by atoms with van der Waals surface area (Å²) in [5.74, 6) is 0. The first-order valence-electron chi connectivity index (χ1n) is 25.7. The number of rotatable bonds is 18. The average molecular weight is 1020 g/mol. The predicted octanol–water partition coefficient (Wildman–Crippen LogP) is 12.1. The van der Waals surface area contributed by atoms with Crippen LogP contribution in [0.4, 0.5) is 22.7 Å². The highest BCUT2D eigenvalue weighted by atomic mass is 32.2. The number of hydrogen-bond acceptors (Lipinski definition) is 9. The van der Waals surface area contributed by atoms with Crippen molar-refractivity contribution in [3.05, 3.63) is 191 Å². The maximum Gasteiger partial charge on any atom is 0.229 e. The Bertz CT molecular complexity index is 2760. The van der Waals surface area contributed by atoms with Gasteiger partial charge in [0.15, 0.2) is 0 Å². The molecule has 2 saturated heterocycles. The number of nitrogen functional groups attached to an aromatic ring is 1. The molecule has 0 aliphatic carbocycles. The normalized spacial score (nSPS) is 15.0. The number of aliphatic hydroxyl groups excluding tert-OH is 2. The molecule has 0 atom stereocenters. The summed E-state index contributed by atoms with van der Waals surface area (Å²) in [4.78, 5) is 9.99. The highest BCUT2D eigenvalue weighted by Crippen LogP contribution is 2.38. The van der Waals surface area contributed by atoms with E-state index in [0.29, 0.717) is 24.2 Å². The topological polar surface area (TPSA) is 126 Å². The van der Waals surface area contributed by atoms with Gasteiger partial charge < -0.3 is 25.7 Å². The van der Waals surface area contributed by atoms with Crippen LogP contribution in [0.5, 0.6) is 0 Å². The fourth-order valence-electron chi connectivity index (χ4n) is 9.89.